The minimum absolute atomic E-state index is 0.131. The van der Waals surface area contributed by atoms with Gasteiger partial charge in [-0.25, -0.2) is 4.79 Å². The minimum atomic E-state index is -0.422. The maximum absolute atomic E-state index is 11.7. The Balaban J connectivity index is 2.97. The highest BCUT2D eigenvalue weighted by atomic mass is 16.6. The zero-order valence-corrected chi connectivity index (χ0v) is 13.0. The second-order valence-corrected chi connectivity index (χ2v) is 5.29. The lowest BCUT2D eigenvalue weighted by atomic mass is 9.99. The van der Waals surface area contributed by atoms with Crippen molar-refractivity contribution in [2.24, 2.45) is 0 Å². The predicted octanol–water partition coefficient (Wildman–Crippen LogP) is 4.13. The Hall–Kier alpha value is -1.71. The van der Waals surface area contributed by atoms with E-state index in [1.165, 1.54) is 0 Å². The Labute approximate surface area is 121 Å². The quantitative estimate of drug-likeness (QED) is 0.769. The fraction of sp³-hybridized carbons (Fsp3) is 0.562. The first-order chi connectivity index (χ1) is 9.47. The van der Waals surface area contributed by atoms with Crippen molar-refractivity contribution >= 4 is 17.5 Å². The summed E-state index contributed by atoms with van der Waals surface area (Å²) in [6, 6.07) is 3.89. The Morgan fingerprint density at radius 2 is 1.70 bits per heavy atom. The lowest BCUT2D eigenvalue weighted by Crippen LogP contribution is -2.18. The van der Waals surface area contributed by atoms with Gasteiger partial charge >= 0.3 is 6.09 Å². The van der Waals surface area contributed by atoms with E-state index >= 15 is 0 Å². The minimum Gasteiger partial charge on any atom is -0.447 e. The zero-order valence-electron chi connectivity index (χ0n) is 13.0. The summed E-state index contributed by atoms with van der Waals surface area (Å²) < 4.78 is 5.10. The molecular weight excluding hydrogens is 252 g/mol. The van der Waals surface area contributed by atoms with Gasteiger partial charge in [0, 0.05) is 11.4 Å². The summed E-state index contributed by atoms with van der Waals surface area (Å²) in [5.41, 5.74) is 10.0. The fourth-order valence-corrected chi connectivity index (χ4v) is 2.16. The third-order valence-corrected chi connectivity index (χ3v) is 2.98. The highest BCUT2D eigenvalue weighted by molar-refractivity contribution is 5.85. The summed E-state index contributed by atoms with van der Waals surface area (Å²) in [5, 5.41) is 2.78. The van der Waals surface area contributed by atoms with E-state index in [1.807, 2.05) is 26.0 Å². The summed E-state index contributed by atoms with van der Waals surface area (Å²) in [6.07, 6.45) is 3.32. The summed E-state index contributed by atoms with van der Waals surface area (Å²) in [6.45, 7) is 7.89. The van der Waals surface area contributed by atoms with Crippen LogP contribution >= 0.6 is 0 Å². The average molecular weight is 278 g/mol. The second kappa shape index (κ2) is 7.78. The lowest BCUT2D eigenvalue weighted by molar-refractivity contribution is 0.130. The van der Waals surface area contributed by atoms with Gasteiger partial charge < -0.3 is 10.5 Å². The number of anilines is 2. The van der Waals surface area contributed by atoms with E-state index < -0.39 is 6.09 Å². The molecule has 0 spiro atoms. The van der Waals surface area contributed by atoms with E-state index in [0.29, 0.717) is 0 Å². The maximum atomic E-state index is 11.7. The molecule has 20 heavy (non-hydrogen) atoms. The van der Waals surface area contributed by atoms with E-state index in [1.54, 1.807) is 0 Å². The molecule has 0 saturated carbocycles. The van der Waals surface area contributed by atoms with Crippen LogP contribution in [0.15, 0.2) is 12.1 Å². The number of hydrogen-bond acceptors (Lipinski definition) is 3. The van der Waals surface area contributed by atoms with Crippen LogP contribution < -0.4 is 11.1 Å². The zero-order chi connectivity index (χ0) is 15.1. The van der Waals surface area contributed by atoms with Crippen molar-refractivity contribution in [3.05, 3.63) is 23.3 Å². The molecule has 0 aliphatic heterocycles. The Kier molecular flexibility index (Phi) is 6.36. The number of nitrogens with two attached hydrogens (primary N) is 1. The number of ether oxygens (including phenoxy) is 1. The molecule has 0 saturated heterocycles. The SMILES string of the molecule is CCCc1cc(NC(=O)OC(C)C)cc(CCC)c1N. The van der Waals surface area contributed by atoms with Crippen LogP contribution in [-0.4, -0.2) is 12.2 Å². The number of nitrogen functional groups attached to an aromatic ring is 1. The third-order valence-electron chi connectivity index (χ3n) is 2.98. The number of amides is 1. The van der Waals surface area contributed by atoms with Crippen molar-refractivity contribution in [2.45, 2.75) is 59.5 Å². The topological polar surface area (TPSA) is 64.3 Å². The molecule has 1 aromatic carbocycles. The molecule has 0 fully saturated rings. The van der Waals surface area contributed by atoms with Gasteiger partial charge in [0.1, 0.15) is 0 Å². The second-order valence-electron chi connectivity index (χ2n) is 5.29. The van der Waals surface area contributed by atoms with Gasteiger partial charge in [-0.05, 0) is 49.9 Å². The molecule has 0 radical (unpaired) electrons. The largest absolute Gasteiger partial charge is 0.447 e. The first kappa shape index (κ1) is 16.3. The molecule has 1 amide bonds. The molecule has 4 nitrogen and oxygen atoms in total. The predicted molar refractivity (Wildman–Crippen MR) is 84.1 cm³/mol. The van der Waals surface area contributed by atoms with Crippen LogP contribution in [0.1, 0.15) is 51.7 Å². The number of benzene rings is 1. The molecule has 0 unspecified atom stereocenters. The molecule has 1 aromatic rings. The van der Waals surface area contributed by atoms with Gasteiger partial charge in [0.15, 0.2) is 0 Å². The summed E-state index contributed by atoms with van der Waals surface area (Å²) in [5.74, 6) is 0. The van der Waals surface area contributed by atoms with Crippen molar-refractivity contribution < 1.29 is 9.53 Å². The maximum Gasteiger partial charge on any atom is 0.411 e. The number of aryl methyl sites for hydroxylation is 2. The van der Waals surface area contributed by atoms with Gasteiger partial charge in [-0.1, -0.05) is 26.7 Å². The standard InChI is InChI=1S/C16H26N2O2/c1-5-7-12-9-14(18-16(19)20-11(3)4)10-13(8-6-2)15(12)17/h9-11H,5-8,17H2,1-4H3,(H,18,19). The van der Waals surface area contributed by atoms with Crippen molar-refractivity contribution in [3.8, 4) is 0 Å². The van der Waals surface area contributed by atoms with Gasteiger partial charge in [0.05, 0.1) is 6.10 Å². The highest BCUT2D eigenvalue weighted by Gasteiger charge is 2.11. The molecule has 0 aliphatic rings. The average Bonchev–Trinajstić information content (AvgIpc) is 2.34. The molecular formula is C16H26N2O2. The van der Waals surface area contributed by atoms with E-state index in [4.69, 9.17) is 10.5 Å². The molecule has 0 atom stereocenters. The first-order valence-electron chi connectivity index (χ1n) is 7.36. The summed E-state index contributed by atoms with van der Waals surface area (Å²) in [4.78, 5) is 11.7. The first-order valence-corrected chi connectivity index (χ1v) is 7.36. The van der Waals surface area contributed by atoms with Crippen LogP contribution in [0, 0.1) is 0 Å². The number of hydrogen-bond donors (Lipinski definition) is 2. The van der Waals surface area contributed by atoms with Gasteiger partial charge in [-0.3, -0.25) is 5.32 Å². The van der Waals surface area contributed by atoms with Crippen LogP contribution in [0.2, 0.25) is 0 Å². The molecule has 0 heterocycles. The van der Waals surface area contributed by atoms with E-state index in [0.717, 1.165) is 48.2 Å². The van der Waals surface area contributed by atoms with Crippen molar-refractivity contribution in [1.82, 2.24) is 0 Å². The highest BCUT2D eigenvalue weighted by Crippen LogP contribution is 2.26. The van der Waals surface area contributed by atoms with Crippen LogP contribution in [-0.2, 0) is 17.6 Å². The van der Waals surface area contributed by atoms with E-state index in [2.05, 4.69) is 19.2 Å². The Bertz CT molecular complexity index is 429. The number of rotatable bonds is 6. The molecule has 0 aliphatic carbocycles. The number of carbonyl (C=O) groups excluding carboxylic acids is 1. The summed E-state index contributed by atoms with van der Waals surface area (Å²) in [7, 11) is 0. The normalized spacial score (nSPS) is 10.7. The van der Waals surface area contributed by atoms with Gasteiger partial charge in [-0.2, -0.15) is 0 Å². The molecule has 1 rings (SSSR count). The van der Waals surface area contributed by atoms with Gasteiger partial charge in [0.2, 0.25) is 0 Å². The Morgan fingerprint density at radius 1 is 1.20 bits per heavy atom. The van der Waals surface area contributed by atoms with Gasteiger partial charge in [-0.15, -0.1) is 0 Å². The number of carbonyl (C=O) groups is 1. The van der Waals surface area contributed by atoms with Crippen LogP contribution in [0.4, 0.5) is 16.2 Å². The molecule has 4 heteroatoms. The van der Waals surface area contributed by atoms with Crippen LogP contribution in [0.5, 0.6) is 0 Å². The van der Waals surface area contributed by atoms with Gasteiger partial charge in [0.25, 0.3) is 0 Å². The fourth-order valence-electron chi connectivity index (χ4n) is 2.16. The third kappa shape index (κ3) is 4.76. The van der Waals surface area contributed by atoms with Crippen LogP contribution in [0.3, 0.4) is 0 Å². The van der Waals surface area contributed by atoms with E-state index in [9.17, 15) is 4.79 Å². The summed E-state index contributed by atoms with van der Waals surface area (Å²) >= 11 is 0. The monoisotopic (exact) mass is 278 g/mol. The molecule has 0 bridgehead atoms. The van der Waals surface area contributed by atoms with Crippen molar-refractivity contribution in [3.63, 3.8) is 0 Å². The van der Waals surface area contributed by atoms with Crippen molar-refractivity contribution in [1.29, 1.82) is 0 Å². The van der Waals surface area contributed by atoms with Crippen molar-refractivity contribution in [2.75, 3.05) is 11.1 Å². The molecule has 0 aromatic heterocycles. The van der Waals surface area contributed by atoms with Crippen LogP contribution in [0.25, 0.3) is 0 Å². The number of nitrogens with one attached hydrogen (secondary N) is 1. The molecule has 3 N–H and O–H groups in total. The smallest absolute Gasteiger partial charge is 0.411 e. The molecule has 112 valence electrons. The lowest BCUT2D eigenvalue weighted by Gasteiger charge is -2.15. The Morgan fingerprint density at radius 3 is 2.10 bits per heavy atom. The van der Waals surface area contributed by atoms with E-state index in [-0.39, 0.29) is 6.10 Å².